The summed E-state index contributed by atoms with van der Waals surface area (Å²) >= 11 is 0. The zero-order valence-corrected chi connectivity index (χ0v) is 11.5. The molecule has 0 bridgehead atoms. The van der Waals surface area contributed by atoms with Crippen molar-refractivity contribution < 1.29 is 19.5 Å². The van der Waals surface area contributed by atoms with Crippen LogP contribution in [0.3, 0.4) is 0 Å². The van der Waals surface area contributed by atoms with Gasteiger partial charge in [0.25, 0.3) is 5.91 Å². The quantitative estimate of drug-likeness (QED) is 0.432. The molecule has 0 aromatic carbocycles. The molecule has 0 aliphatic carbocycles. The van der Waals surface area contributed by atoms with Gasteiger partial charge in [0, 0.05) is 31.8 Å². The minimum Gasteiger partial charge on any atom is -0.481 e. The van der Waals surface area contributed by atoms with E-state index in [1.54, 1.807) is 11.0 Å². The van der Waals surface area contributed by atoms with Gasteiger partial charge in [0.05, 0.1) is 6.42 Å². The van der Waals surface area contributed by atoms with Crippen LogP contribution in [0, 0.1) is 17.2 Å². The number of carboxylic acid groups (broad SMARTS) is 1. The number of hydrogen-bond acceptors (Lipinski definition) is 5. The second-order valence-corrected chi connectivity index (χ2v) is 4.77. The molecule has 114 valence electrons. The summed E-state index contributed by atoms with van der Waals surface area (Å²) < 4.78 is 0. The molecule has 4 N–H and O–H groups in total. The Bertz CT molecular complexity index is 487. The van der Waals surface area contributed by atoms with E-state index in [0.29, 0.717) is 25.9 Å². The van der Waals surface area contributed by atoms with E-state index in [-0.39, 0.29) is 30.4 Å². The summed E-state index contributed by atoms with van der Waals surface area (Å²) in [5.74, 6) is -2.11. The summed E-state index contributed by atoms with van der Waals surface area (Å²) in [6.07, 6.45) is 2.41. The van der Waals surface area contributed by atoms with E-state index in [1.807, 2.05) is 0 Å². The first-order valence-electron chi connectivity index (χ1n) is 6.59. The lowest BCUT2D eigenvalue weighted by Gasteiger charge is -2.29. The molecule has 1 aliphatic heterocycles. The number of nitrogens with one attached hydrogen (secondary N) is 1. The molecule has 0 atom stereocenters. The van der Waals surface area contributed by atoms with Crippen molar-refractivity contribution in [3.05, 3.63) is 11.8 Å². The summed E-state index contributed by atoms with van der Waals surface area (Å²) in [4.78, 5) is 34.9. The first-order chi connectivity index (χ1) is 9.93. The summed E-state index contributed by atoms with van der Waals surface area (Å²) in [7, 11) is 0. The highest BCUT2D eigenvalue weighted by Gasteiger charge is 2.22. The predicted octanol–water partition coefficient (Wildman–Crippen LogP) is -0.818. The Kier molecular flexibility index (Phi) is 6.20. The molecular weight excluding hydrogens is 276 g/mol. The van der Waals surface area contributed by atoms with Gasteiger partial charge in [-0.05, 0) is 12.8 Å². The van der Waals surface area contributed by atoms with Crippen molar-refractivity contribution in [1.29, 1.82) is 5.26 Å². The summed E-state index contributed by atoms with van der Waals surface area (Å²) in [6.45, 7) is 1.05. The van der Waals surface area contributed by atoms with Crippen molar-refractivity contribution >= 4 is 17.8 Å². The van der Waals surface area contributed by atoms with E-state index in [0.717, 1.165) is 0 Å². The third kappa shape index (κ3) is 5.52. The van der Waals surface area contributed by atoms with Crippen LogP contribution in [0.4, 0.5) is 0 Å². The molecule has 8 heteroatoms. The molecule has 1 rings (SSSR count). The average molecular weight is 294 g/mol. The molecular formula is C13H18N4O4. The van der Waals surface area contributed by atoms with E-state index >= 15 is 0 Å². The second-order valence-electron chi connectivity index (χ2n) is 4.77. The maximum Gasteiger partial charge on any atom is 0.305 e. The molecule has 2 amide bonds. The standard InChI is InChI=1S/C13H18N4O4/c14-7-10(13(21)16-4-1-11(18)19)8-17-5-2-9(3-6-17)12(15)20/h8-9H,1-6H2,(H2,15,20)(H,16,21)(H,18,19)/b10-8-. The minimum atomic E-state index is -1.02. The van der Waals surface area contributed by atoms with E-state index in [4.69, 9.17) is 16.1 Å². The van der Waals surface area contributed by atoms with Crippen molar-refractivity contribution in [2.24, 2.45) is 11.7 Å². The molecule has 1 fully saturated rings. The number of piperidine rings is 1. The summed E-state index contributed by atoms with van der Waals surface area (Å²) in [5, 5.41) is 19.8. The monoisotopic (exact) mass is 294 g/mol. The zero-order chi connectivity index (χ0) is 15.8. The van der Waals surface area contributed by atoms with Gasteiger partial charge in [0.15, 0.2) is 0 Å². The first kappa shape index (κ1) is 16.5. The molecule has 0 saturated carbocycles. The Morgan fingerprint density at radius 1 is 1.38 bits per heavy atom. The van der Waals surface area contributed by atoms with Crippen molar-refractivity contribution in [3.63, 3.8) is 0 Å². The molecule has 0 spiro atoms. The highest BCUT2D eigenvalue weighted by Crippen LogP contribution is 2.17. The number of primary amides is 1. The molecule has 1 saturated heterocycles. The lowest BCUT2D eigenvalue weighted by Crippen LogP contribution is -2.36. The lowest BCUT2D eigenvalue weighted by atomic mass is 9.96. The molecule has 0 radical (unpaired) electrons. The van der Waals surface area contributed by atoms with Gasteiger partial charge in [-0.1, -0.05) is 0 Å². The van der Waals surface area contributed by atoms with Crippen LogP contribution in [-0.4, -0.2) is 47.4 Å². The lowest BCUT2D eigenvalue weighted by molar-refractivity contribution is -0.137. The van der Waals surface area contributed by atoms with E-state index < -0.39 is 11.9 Å². The SMILES string of the molecule is N#C/C(=C/N1CCC(C(N)=O)CC1)C(=O)NCCC(=O)O. The number of carbonyl (C=O) groups excluding carboxylic acids is 2. The highest BCUT2D eigenvalue weighted by atomic mass is 16.4. The number of amides is 2. The second kappa shape index (κ2) is 7.89. The third-order valence-electron chi connectivity index (χ3n) is 3.23. The first-order valence-corrected chi connectivity index (χ1v) is 6.59. The molecule has 0 unspecified atom stereocenters. The third-order valence-corrected chi connectivity index (χ3v) is 3.23. The van der Waals surface area contributed by atoms with Gasteiger partial charge in [-0.25, -0.2) is 0 Å². The van der Waals surface area contributed by atoms with Crippen molar-refractivity contribution in [3.8, 4) is 6.07 Å². The van der Waals surface area contributed by atoms with Crippen molar-refractivity contribution in [1.82, 2.24) is 10.2 Å². The van der Waals surface area contributed by atoms with Crippen LogP contribution in [0.1, 0.15) is 19.3 Å². The normalized spacial score (nSPS) is 16.1. The Morgan fingerprint density at radius 2 is 2.00 bits per heavy atom. The number of carboxylic acids is 1. The van der Waals surface area contributed by atoms with Crippen LogP contribution >= 0.6 is 0 Å². The largest absolute Gasteiger partial charge is 0.481 e. The number of likely N-dealkylation sites (tertiary alicyclic amines) is 1. The summed E-state index contributed by atoms with van der Waals surface area (Å²) in [6, 6.07) is 1.79. The van der Waals surface area contributed by atoms with E-state index in [2.05, 4.69) is 5.32 Å². The molecule has 21 heavy (non-hydrogen) atoms. The number of hydrogen-bond donors (Lipinski definition) is 3. The summed E-state index contributed by atoms with van der Waals surface area (Å²) in [5.41, 5.74) is 5.15. The number of nitriles is 1. The fourth-order valence-electron chi connectivity index (χ4n) is 2.01. The van der Waals surface area contributed by atoms with Gasteiger partial charge < -0.3 is 21.1 Å². The van der Waals surface area contributed by atoms with Crippen LogP contribution in [0.25, 0.3) is 0 Å². The van der Waals surface area contributed by atoms with Crippen LogP contribution < -0.4 is 11.1 Å². The number of aliphatic carboxylic acids is 1. The molecule has 0 aromatic rings. The smallest absolute Gasteiger partial charge is 0.305 e. The van der Waals surface area contributed by atoms with Gasteiger partial charge in [-0.2, -0.15) is 5.26 Å². The van der Waals surface area contributed by atoms with Gasteiger partial charge in [-0.3, -0.25) is 14.4 Å². The van der Waals surface area contributed by atoms with Gasteiger partial charge in [0.1, 0.15) is 11.6 Å². The van der Waals surface area contributed by atoms with Gasteiger partial charge in [0.2, 0.25) is 5.91 Å². The Hall–Kier alpha value is -2.56. The average Bonchev–Trinajstić information content (AvgIpc) is 2.44. The van der Waals surface area contributed by atoms with Crippen molar-refractivity contribution in [2.75, 3.05) is 19.6 Å². The molecule has 1 heterocycles. The maximum atomic E-state index is 11.7. The van der Waals surface area contributed by atoms with Crippen LogP contribution in [0.5, 0.6) is 0 Å². The molecule has 8 nitrogen and oxygen atoms in total. The van der Waals surface area contributed by atoms with Crippen molar-refractivity contribution in [2.45, 2.75) is 19.3 Å². The predicted molar refractivity (Wildman–Crippen MR) is 72.4 cm³/mol. The van der Waals surface area contributed by atoms with Crippen LogP contribution in [0.2, 0.25) is 0 Å². The van der Waals surface area contributed by atoms with E-state index in [1.165, 1.54) is 6.20 Å². The fraction of sp³-hybridized carbons (Fsp3) is 0.538. The van der Waals surface area contributed by atoms with Crippen LogP contribution in [-0.2, 0) is 14.4 Å². The maximum absolute atomic E-state index is 11.7. The number of nitrogens with two attached hydrogens (primary N) is 1. The van der Waals surface area contributed by atoms with Gasteiger partial charge >= 0.3 is 5.97 Å². The number of rotatable bonds is 6. The molecule has 1 aliphatic rings. The Balaban J connectivity index is 2.52. The highest BCUT2D eigenvalue weighted by molar-refractivity contribution is 5.97. The topological polar surface area (TPSA) is 137 Å². The zero-order valence-electron chi connectivity index (χ0n) is 11.5. The Morgan fingerprint density at radius 3 is 2.48 bits per heavy atom. The minimum absolute atomic E-state index is 0.0308. The van der Waals surface area contributed by atoms with Crippen LogP contribution in [0.15, 0.2) is 11.8 Å². The number of carbonyl (C=O) groups is 3. The number of nitrogens with zero attached hydrogens (tertiary/aromatic N) is 2. The molecule has 0 aromatic heterocycles. The van der Waals surface area contributed by atoms with E-state index in [9.17, 15) is 14.4 Å². The fourth-order valence-corrected chi connectivity index (χ4v) is 2.01. The Labute approximate surface area is 122 Å². The van der Waals surface area contributed by atoms with Gasteiger partial charge in [-0.15, -0.1) is 0 Å².